The minimum absolute atomic E-state index is 0.00239. The second-order valence-corrected chi connectivity index (χ2v) is 4.20. The third-order valence-electron chi connectivity index (χ3n) is 2.67. The van der Waals surface area contributed by atoms with Crippen LogP contribution in [0.5, 0.6) is 5.75 Å². The van der Waals surface area contributed by atoms with Crippen molar-refractivity contribution in [1.29, 1.82) is 5.26 Å². The molecule has 1 aromatic rings. The number of benzene rings is 1. The molecule has 5 heteroatoms. The summed E-state index contributed by atoms with van der Waals surface area (Å²) in [7, 11) is 0. The molecule has 0 spiro atoms. The lowest BCUT2D eigenvalue weighted by Gasteiger charge is -2.21. The number of carbonyl (C=O) groups excluding carboxylic acids is 1. The van der Waals surface area contributed by atoms with Gasteiger partial charge in [-0.25, -0.2) is 0 Å². The van der Waals surface area contributed by atoms with E-state index in [0.29, 0.717) is 17.9 Å². The number of nitrogens with two attached hydrogens (primary N) is 1. The lowest BCUT2D eigenvalue weighted by molar-refractivity contribution is -0.120. The van der Waals surface area contributed by atoms with Crippen LogP contribution in [0.2, 0.25) is 0 Å². The summed E-state index contributed by atoms with van der Waals surface area (Å²) in [6.45, 7) is 3.55. The van der Waals surface area contributed by atoms with Crippen LogP contribution in [0.1, 0.15) is 20.3 Å². The monoisotopic (exact) mass is 247 g/mol. The van der Waals surface area contributed by atoms with Gasteiger partial charge in [0.2, 0.25) is 5.91 Å². The van der Waals surface area contributed by atoms with Crippen LogP contribution in [-0.2, 0) is 4.79 Å². The van der Waals surface area contributed by atoms with Gasteiger partial charge in [-0.3, -0.25) is 4.79 Å². The maximum Gasteiger partial charge on any atom is 0.244 e. The van der Waals surface area contributed by atoms with Crippen LogP contribution in [-0.4, -0.2) is 18.1 Å². The van der Waals surface area contributed by atoms with Gasteiger partial charge < -0.3 is 15.8 Å². The van der Waals surface area contributed by atoms with E-state index in [1.54, 1.807) is 31.2 Å². The Morgan fingerprint density at radius 3 is 2.61 bits per heavy atom. The van der Waals surface area contributed by atoms with E-state index in [0.717, 1.165) is 0 Å². The van der Waals surface area contributed by atoms with Gasteiger partial charge in [0.15, 0.2) is 6.61 Å². The Morgan fingerprint density at radius 2 is 2.11 bits per heavy atom. The van der Waals surface area contributed by atoms with Gasteiger partial charge in [0.05, 0.1) is 5.54 Å². The topological polar surface area (TPSA) is 88.1 Å². The number of hydrogen-bond acceptors (Lipinski definition) is 4. The average Bonchev–Trinajstić information content (AvgIpc) is 2.37. The normalized spacial score (nSPS) is 13.2. The molecule has 0 bridgehead atoms. The first-order chi connectivity index (χ1) is 8.49. The number of anilines is 1. The summed E-state index contributed by atoms with van der Waals surface area (Å²) < 4.78 is 5.11. The first-order valence-electron chi connectivity index (χ1n) is 5.69. The Morgan fingerprint density at radius 1 is 1.50 bits per heavy atom. The van der Waals surface area contributed by atoms with Gasteiger partial charge in [-0.15, -0.1) is 0 Å². The van der Waals surface area contributed by atoms with Crippen LogP contribution in [0.4, 0.5) is 5.69 Å². The summed E-state index contributed by atoms with van der Waals surface area (Å²) in [5.74, 6) is 0.358. The lowest BCUT2D eigenvalue weighted by atomic mass is 9.99. The Kier molecular flexibility index (Phi) is 4.69. The van der Waals surface area contributed by atoms with Crippen molar-refractivity contribution in [3.8, 4) is 11.8 Å². The fourth-order valence-corrected chi connectivity index (χ4v) is 1.18. The van der Waals surface area contributed by atoms with Crippen LogP contribution >= 0.6 is 0 Å². The van der Waals surface area contributed by atoms with Crippen molar-refractivity contribution < 1.29 is 9.53 Å². The zero-order valence-electron chi connectivity index (χ0n) is 10.6. The molecule has 0 aliphatic heterocycles. The van der Waals surface area contributed by atoms with E-state index in [9.17, 15) is 4.79 Å². The lowest BCUT2D eigenvalue weighted by Crippen LogP contribution is -2.47. The van der Waals surface area contributed by atoms with Gasteiger partial charge in [-0.05, 0) is 37.6 Å². The van der Waals surface area contributed by atoms with Crippen molar-refractivity contribution in [2.24, 2.45) is 5.73 Å². The number of rotatable bonds is 5. The number of amides is 1. The zero-order chi connectivity index (χ0) is 13.6. The van der Waals surface area contributed by atoms with Crippen LogP contribution in [0, 0.1) is 11.3 Å². The van der Waals surface area contributed by atoms with E-state index in [1.165, 1.54) is 0 Å². The van der Waals surface area contributed by atoms with Crippen molar-refractivity contribution in [3.63, 3.8) is 0 Å². The highest BCUT2D eigenvalue weighted by Crippen LogP contribution is 2.17. The van der Waals surface area contributed by atoms with Crippen molar-refractivity contribution in [3.05, 3.63) is 24.3 Å². The molecule has 0 radical (unpaired) electrons. The molecule has 1 aromatic carbocycles. The Hall–Kier alpha value is -2.06. The number of nitrogens with one attached hydrogen (secondary N) is 1. The quantitative estimate of drug-likeness (QED) is 0.828. The molecule has 1 rings (SSSR count). The maximum absolute atomic E-state index is 11.8. The highest BCUT2D eigenvalue weighted by Gasteiger charge is 2.25. The van der Waals surface area contributed by atoms with Crippen LogP contribution < -0.4 is 15.8 Å². The van der Waals surface area contributed by atoms with Gasteiger partial charge in [-0.1, -0.05) is 6.92 Å². The Balaban J connectivity index is 2.64. The highest BCUT2D eigenvalue weighted by molar-refractivity contribution is 5.97. The molecule has 0 saturated carbocycles. The predicted octanol–water partition coefficient (Wildman–Crippen LogP) is 1.65. The molecule has 0 aromatic heterocycles. The first kappa shape index (κ1) is 14.0. The molecule has 0 fully saturated rings. The van der Waals surface area contributed by atoms with Crippen molar-refractivity contribution in [1.82, 2.24) is 0 Å². The molecule has 18 heavy (non-hydrogen) atoms. The third-order valence-corrected chi connectivity index (χ3v) is 2.67. The third kappa shape index (κ3) is 3.75. The minimum atomic E-state index is -0.879. The van der Waals surface area contributed by atoms with Crippen molar-refractivity contribution in [2.45, 2.75) is 25.8 Å². The van der Waals surface area contributed by atoms with Gasteiger partial charge in [0.25, 0.3) is 0 Å². The maximum atomic E-state index is 11.8. The van der Waals surface area contributed by atoms with Gasteiger partial charge in [-0.2, -0.15) is 5.26 Å². The number of ether oxygens (including phenoxy) is 1. The van der Waals surface area contributed by atoms with Gasteiger partial charge in [0.1, 0.15) is 11.8 Å². The Labute approximate surface area is 107 Å². The van der Waals surface area contributed by atoms with E-state index in [1.807, 2.05) is 13.0 Å². The molecule has 96 valence electrons. The summed E-state index contributed by atoms with van der Waals surface area (Å²) >= 11 is 0. The molecule has 1 unspecified atom stereocenters. The molecular weight excluding hydrogens is 230 g/mol. The zero-order valence-corrected chi connectivity index (χ0v) is 10.6. The fourth-order valence-electron chi connectivity index (χ4n) is 1.18. The predicted molar refractivity (Wildman–Crippen MR) is 69.1 cm³/mol. The molecule has 3 N–H and O–H groups in total. The summed E-state index contributed by atoms with van der Waals surface area (Å²) in [6.07, 6.45) is 0.558. The molecule has 5 nitrogen and oxygen atoms in total. The van der Waals surface area contributed by atoms with Crippen molar-refractivity contribution >= 4 is 11.6 Å². The second kappa shape index (κ2) is 6.03. The number of hydrogen-bond donors (Lipinski definition) is 2. The van der Waals surface area contributed by atoms with Gasteiger partial charge >= 0.3 is 0 Å². The fraction of sp³-hybridized carbons (Fsp3) is 0.385. The standard InChI is InChI=1S/C13H17N3O2/c1-3-13(2,15)12(17)16-10-4-6-11(7-5-10)18-9-8-14/h4-7H,3,9,15H2,1-2H3,(H,16,17). The van der Waals surface area contributed by atoms with E-state index in [4.69, 9.17) is 15.7 Å². The molecular formula is C13H17N3O2. The molecule has 0 heterocycles. The first-order valence-corrected chi connectivity index (χ1v) is 5.69. The largest absolute Gasteiger partial charge is 0.479 e. The van der Waals surface area contributed by atoms with Crippen molar-refractivity contribution in [2.75, 3.05) is 11.9 Å². The number of nitriles is 1. The summed E-state index contributed by atoms with van der Waals surface area (Å²) in [5.41, 5.74) is 5.60. The smallest absolute Gasteiger partial charge is 0.244 e. The minimum Gasteiger partial charge on any atom is -0.479 e. The van der Waals surface area contributed by atoms with Gasteiger partial charge in [0, 0.05) is 5.69 Å². The van der Waals surface area contributed by atoms with Crippen LogP contribution in [0.25, 0.3) is 0 Å². The number of carbonyl (C=O) groups is 1. The van der Waals surface area contributed by atoms with Crippen LogP contribution in [0.15, 0.2) is 24.3 Å². The number of nitrogens with zero attached hydrogens (tertiary/aromatic N) is 1. The van der Waals surface area contributed by atoms with E-state index in [2.05, 4.69) is 5.32 Å². The molecule has 0 aliphatic rings. The summed E-state index contributed by atoms with van der Waals surface area (Å²) in [5, 5.41) is 11.1. The van der Waals surface area contributed by atoms with E-state index < -0.39 is 5.54 Å². The highest BCUT2D eigenvalue weighted by atomic mass is 16.5. The van der Waals surface area contributed by atoms with E-state index >= 15 is 0 Å². The summed E-state index contributed by atoms with van der Waals surface area (Å²) in [6, 6.07) is 8.67. The average molecular weight is 247 g/mol. The SMILES string of the molecule is CCC(C)(N)C(=O)Nc1ccc(OCC#N)cc1. The van der Waals surface area contributed by atoms with E-state index in [-0.39, 0.29) is 12.5 Å². The summed E-state index contributed by atoms with van der Waals surface area (Å²) in [4.78, 5) is 11.8. The van der Waals surface area contributed by atoms with Crippen LogP contribution in [0.3, 0.4) is 0 Å². The second-order valence-electron chi connectivity index (χ2n) is 4.20. The molecule has 1 amide bonds. The molecule has 0 saturated heterocycles. The molecule has 1 atom stereocenters. The Bertz CT molecular complexity index is 446. The molecule has 0 aliphatic carbocycles.